The number of carboxylic acid groups (broad SMARTS) is 1. The summed E-state index contributed by atoms with van der Waals surface area (Å²) in [5, 5.41) is 14.3. The highest BCUT2D eigenvalue weighted by atomic mass is 35.5. The van der Waals surface area contributed by atoms with Crippen LogP contribution in [0.25, 0.3) is 0 Å². The van der Waals surface area contributed by atoms with Crippen molar-refractivity contribution in [3.05, 3.63) is 0 Å². The Labute approximate surface area is 155 Å². The van der Waals surface area contributed by atoms with Crippen molar-refractivity contribution in [3.8, 4) is 0 Å². The van der Waals surface area contributed by atoms with E-state index in [1.807, 2.05) is 13.8 Å². The molecule has 1 aliphatic carbocycles. The van der Waals surface area contributed by atoms with E-state index >= 15 is 0 Å². The zero-order valence-corrected chi connectivity index (χ0v) is 16.1. The molecule has 1 saturated carbocycles. The average molecular weight is 378 g/mol. The maximum Gasteiger partial charge on any atom is 0.325 e. The third kappa shape index (κ3) is 7.61. The standard InChI is InChI=1S/C17H31N3O4.ClH/c1-4-10(2)14(18)16(22)19-9-12-5-7-13(8-6-12)15(21)20-11(3)17(23)24;/h10-14H,4-9,18H2,1-3H3,(H,19,22)(H,20,21)(H,23,24);1H/t10?,11-,12?,13?,14+;/m1./s1. The van der Waals surface area contributed by atoms with Gasteiger partial charge in [-0.2, -0.15) is 0 Å². The van der Waals surface area contributed by atoms with Crippen molar-refractivity contribution in [3.63, 3.8) is 0 Å². The molecular formula is C17H32ClN3O4. The van der Waals surface area contributed by atoms with E-state index in [0.717, 1.165) is 32.1 Å². The highest BCUT2D eigenvalue weighted by molar-refractivity contribution is 5.85. The average Bonchev–Trinajstić information content (AvgIpc) is 2.58. The Morgan fingerprint density at radius 3 is 2.20 bits per heavy atom. The summed E-state index contributed by atoms with van der Waals surface area (Å²) in [5.74, 6) is -0.969. The van der Waals surface area contributed by atoms with E-state index < -0.39 is 18.1 Å². The van der Waals surface area contributed by atoms with Crippen LogP contribution in [0.4, 0.5) is 0 Å². The quantitative estimate of drug-likeness (QED) is 0.507. The van der Waals surface area contributed by atoms with Crippen molar-refractivity contribution in [1.82, 2.24) is 10.6 Å². The predicted molar refractivity (Wildman–Crippen MR) is 98.4 cm³/mol. The number of rotatable bonds is 8. The van der Waals surface area contributed by atoms with Crippen molar-refractivity contribution in [2.24, 2.45) is 23.5 Å². The van der Waals surface area contributed by atoms with Crippen molar-refractivity contribution >= 4 is 30.2 Å². The van der Waals surface area contributed by atoms with Gasteiger partial charge >= 0.3 is 5.97 Å². The summed E-state index contributed by atoms with van der Waals surface area (Å²) in [6.07, 6.45) is 3.99. The Kier molecular flexibility index (Phi) is 10.7. The van der Waals surface area contributed by atoms with Crippen molar-refractivity contribution in [2.45, 2.75) is 65.0 Å². The van der Waals surface area contributed by atoms with E-state index in [0.29, 0.717) is 12.5 Å². The minimum Gasteiger partial charge on any atom is -0.480 e. The van der Waals surface area contributed by atoms with Crippen molar-refractivity contribution < 1.29 is 19.5 Å². The molecule has 1 fully saturated rings. The van der Waals surface area contributed by atoms with Gasteiger partial charge in [0.1, 0.15) is 6.04 Å². The van der Waals surface area contributed by atoms with Crippen LogP contribution in [0.3, 0.4) is 0 Å². The number of nitrogens with one attached hydrogen (secondary N) is 2. The molecule has 0 heterocycles. The summed E-state index contributed by atoms with van der Waals surface area (Å²) in [6.45, 7) is 6.02. The second-order valence-electron chi connectivity index (χ2n) is 6.94. The Balaban J connectivity index is 0.00000576. The van der Waals surface area contributed by atoms with Crippen LogP contribution in [-0.4, -0.2) is 41.5 Å². The maximum atomic E-state index is 12.0. The largest absolute Gasteiger partial charge is 0.480 e. The fourth-order valence-electron chi connectivity index (χ4n) is 2.90. The number of carbonyl (C=O) groups is 3. The SMILES string of the molecule is CCC(C)[C@H](N)C(=O)NCC1CCC(C(=O)N[C@H](C)C(=O)O)CC1.Cl. The molecule has 0 bridgehead atoms. The summed E-state index contributed by atoms with van der Waals surface area (Å²) < 4.78 is 0. The molecule has 0 aliphatic heterocycles. The van der Waals surface area contributed by atoms with Gasteiger partial charge in [0, 0.05) is 12.5 Å². The van der Waals surface area contributed by atoms with Crippen LogP contribution in [0, 0.1) is 17.8 Å². The molecule has 0 saturated heterocycles. The Hall–Kier alpha value is -1.34. The smallest absolute Gasteiger partial charge is 0.325 e. The summed E-state index contributed by atoms with van der Waals surface area (Å²) >= 11 is 0. The molecule has 1 rings (SSSR count). The van der Waals surface area contributed by atoms with Gasteiger partial charge in [0.05, 0.1) is 6.04 Å². The Bertz CT molecular complexity index is 453. The number of hydrogen-bond donors (Lipinski definition) is 4. The lowest BCUT2D eigenvalue weighted by molar-refractivity contribution is -0.142. The first-order chi connectivity index (χ1) is 11.3. The zero-order chi connectivity index (χ0) is 18.3. The first-order valence-corrected chi connectivity index (χ1v) is 8.82. The van der Waals surface area contributed by atoms with Gasteiger partial charge in [0.2, 0.25) is 11.8 Å². The molecule has 0 aromatic carbocycles. The molecule has 1 aliphatic rings. The molecule has 1 unspecified atom stereocenters. The molecule has 5 N–H and O–H groups in total. The lowest BCUT2D eigenvalue weighted by Crippen LogP contribution is -2.46. The topological polar surface area (TPSA) is 122 Å². The van der Waals surface area contributed by atoms with Gasteiger partial charge in [0.15, 0.2) is 0 Å². The number of nitrogens with two attached hydrogens (primary N) is 1. The van der Waals surface area contributed by atoms with Crippen LogP contribution in [0.15, 0.2) is 0 Å². The van der Waals surface area contributed by atoms with Crippen LogP contribution >= 0.6 is 12.4 Å². The minimum absolute atomic E-state index is 0. The fourth-order valence-corrected chi connectivity index (χ4v) is 2.90. The maximum absolute atomic E-state index is 12.0. The number of aliphatic carboxylic acids is 1. The van der Waals surface area contributed by atoms with E-state index in [9.17, 15) is 14.4 Å². The summed E-state index contributed by atoms with van der Waals surface area (Å²) in [6, 6.07) is -1.34. The highest BCUT2D eigenvalue weighted by Gasteiger charge is 2.28. The van der Waals surface area contributed by atoms with Gasteiger partial charge in [-0.3, -0.25) is 14.4 Å². The molecule has 3 atom stereocenters. The number of carboxylic acids is 1. The van der Waals surface area contributed by atoms with Gasteiger partial charge in [-0.15, -0.1) is 12.4 Å². The number of halogens is 1. The van der Waals surface area contributed by atoms with E-state index in [4.69, 9.17) is 10.8 Å². The molecule has 0 spiro atoms. The molecule has 0 aromatic heterocycles. The molecule has 0 radical (unpaired) electrons. The van der Waals surface area contributed by atoms with Gasteiger partial charge in [-0.1, -0.05) is 20.3 Å². The molecular weight excluding hydrogens is 346 g/mol. The molecule has 25 heavy (non-hydrogen) atoms. The summed E-state index contributed by atoms with van der Waals surface area (Å²) in [5.41, 5.74) is 5.91. The molecule has 146 valence electrons. The number of hydrogen-bond acceptors (Lipinski definition) is 4. The lowest BCUT2D eigenvalue weighted by Gasteiger charge is -2.29. The minimum atomic E-state index is -1.03. The lowest BCUT2D eigenvalue weighted by atomic mass is 9.81. The van der Waals surface area contributed by atoms with Gasteiger partial charge < -0.3 is 21.5 Å². The van der Waals surface area contributed by atoms with Crippen LogP contribution in [0.1, 0.15) is 52.9 Å². The van der Waals surface area contributed by atoms with E-state index in [-0.39, 0.29) is 36.1 Å². The van der Waals surface area contributed by atoms with Gasteiger partial charge in [-0.25, -0.2) is 0 Å². The molecule has 0 aromatic rings. The van der Waals surface area contributed by atoms with Crippen molar-refractivity contribution in [1.29, 1.82) is 0 Å². The molecule has 8 heteroatoms. The highest BCUT2D eigenvalue weighted by Crippen LogP contribution is 2.28. The summed E-state index contributed by atoms with van der Waals surface area (Å²) in [4.78, 5) is 34.8. The zero-order valence-electron chi connectivity index (χ0n) is 15.3. The number of carbonyl (C=O) groups excluding carboxylic acids is 2. The van der Waals surface area contributed by atoms with Crippen LogP contribution in [-0.2, 0) is 14.4 Å². The first-order valence-electron chi connectivity index (χ1n) is 8.82. The predicted octanol–water partition coefficient (Wildman–Crippen LogP) is 1.29. The van der Waals surface area contributed by atoms with E-state index in [2.05, 4.69) is 10.6 Å². The van der Waals surface area contributed by atoms with Crippen LogP contribution < -0.4 is 16.4 Å². The van der Waals surface area contributed by atoms with E-state index in [1.54, 1.807) is 0 Å². The molecule has 2 amide bonds. The normalized spacial score (nSPS) is 23.5. The third-order valence-electron chi connectivity index (χ3n) is 5.07. The molecule has 7 nitrogen and oxygen atoms in total. The monoisotopic (exact) mass is 377 g/mol. The number of amides is 2. The van der Waals surface area contributed by atoms with E-state index in [1.165, 1.54) is 6.92 Å². The van der Waals surface area contributed by atoms with Crippen LogP contribution in [0.2, 0.25) is 0 Å². The van der Waals surface area contributed by atoms with Gasteiger partial charge in [0.25, 0.3) is 0 Å². The second-order valence-corrected chi connectivity index (χ2v) is 6.94. The summed E-state index contributed by atoms with van der Waals surface area (Å²) in [7, 11) is 0. The second kappa shape index (κ2) is 11.3. The van der Waals surface area contributed by atoms with Gasteiger partial charge in [-0.05, 0) is 44.4 Å². The first kappa shape index (κ1) is 23.7. The van der Waals surface area contributed by atoms with Crippen molar-refractivity contribution in [2.75, 3.05) is 6.54 Å². The third-order valence-corrected chi connectivity index (χ3v) is 5.07. The fraction of sp³-hybridized carbons (Fsp3) is 0.824. The van der Waals surface area contributed by atoms with Crippen LogP contribution in [0.5, 0.6) is 0 Å². The Morgan fingerprint density at radius 1 is 1.16 bits per heavy atom. The Morgan fingerprint density at radius 2 is 1.72 bits per heavy atom.